The second-order valence-electron chi connectivity index (χ2n) is 6.61. The summed E-state index contributed by atoms with van der Waals surface area (Å²) in [5.41, 5.74) is 1.33. The number of benzene rings is 1. The van der Waals surface area contributed by atoms with Gasteiger partial charge in [0.2, 0.25) is 0 Å². The third-order valence-electron chi connectivity index (χ3n) is 4.86. The van der Waals surface area contributed by atoms with Gasteiger partial charge in [0, 0.05) is 12.1 Å². The first-order valence-corrected chi connectivity index (χ1v) is 8.44. The molecule has 1 unspecified atom stereocenters. The zero-order chi connectivity index (χ0) is 17.2. The van der Waals surface area contributed by atoms with Gasteiger partial charge in [-0.25, -0.2) is 5.01 Å². The van der Waals surface area contributed by atoms with Crippen molar-refractivity contribution >= 4 is 11.6 Å². The second-order valence-corrected chi connectivity index (χ2v) is 6.61. The molecule has 130 valence electrons. The third kappa shape index (κ3) is 3.79. The fourth-order valence-electron chi connectivity index (χ4n) is 3.53. The SMILES string of the molecule is O=C1C(C(F)(F)F)CC(C2CCCCC2)=NN1Cc1ccccc1. The zero-order valence-electron chi connectivity index (χ0n) is 13.4. The van der Waals surface area contributed by atoms with Gasteiger partial charge in [-0.3, -0.25) is 4.79 Å². The van der Waals surface area contributed by atoms with E-state index in [1.54, 1.807) is 24.3 Å². The van der Waals surface area contributed by atoms with Gasteiger partial charge in [0.1, 0.15) is 5.92 Å². The molecule has 1 heterocycles. The van der Waals surface area contributed by atoms with E-state index in [4.69, 9.17) is 0 Å². The van der Waals surface area contributed by atoms with Crippen LogP contribution in [0.25, 0.3) is 0 Å². The standard InChI is InChI=1S/C18H21F3N2O/c19-18(20,21)15-11-16(14-9-5-2-6-10-14)22-23(17(15)24)12-13-7-3-1-4-8-13/h1,3-4,7-8,14-15H,2,5-6,9-12H2. The van der Waals surface area contributed by atoms with Crippen LogP contribution in [0.5, 0.6) is 0 Å². The Morgan fingerprint density at radius 1 is 1.08 bits per heavy atom. The molecule has 0 saturated heterocycles. The van der Waals surface area contributed by atoms with Crippen LogP contribution in [0, 0.1) is 11.8 Å². The summed E-state index contributed by atoms with van der Waals surface area (Å²) in [5, 5.41) is 5.37. The van der Waals surface area contributed by atoms with Crippen molar-refractivity contribution in [2.75, 3.05) is 0 Å². The Labute approximate surface area is 139 Å². The van der Waals surface area contributed by atoms with Crippen LogP contribution >= 0.6 is 0 Å². The van der Waals surface area contributed by atoms with E-state index in [-0.39, 0.29) is 18.9 Å². The summed E-state index contributed by atoms with van der Waals surface area (Å²) in [4.78, 5) is 12.3. The summed E-state index contributed by atoms with van der Waals surface area (Å²) in [6, 6.07) is 9.02. The quantitative estimate of drug-likeness (QED) is 0.797. The van der Waals surface area contributed by atoms with Gasteiger partial charge < -0.3 is 0 Å². The van der Waals surface area contributed by atoms with Gasteiger partial charge in [-0.15, -0.1) is 0 Å². The van der Waals surface area contributed by atoms with E-state index in [1.807, 2.05) is 6.07 Å². The van der Waals surface area contributed by atoms with Gasteiger partial charge >= 0.3 is 6.18 Å². The highest BCUT2D eigenvalue weighted by atomic mass is 19.4. The molecule has 1 atom stereocenters. The number of hydrogen-bond acceptors (Lipinski definition) is 2. The van der Waals surface area contributed by atoms with E-state index in [1.165, 1.54) is 0 Å². The number of nitrogens with zero attached hydrogens (tertiary/aromatic N) is 2. The zero-order valence-corrected chi connectivity index (χ0v) is 13.4. The van der Waals surface area contributed by atoms with Crippen LogP contribution in [-0.4, -0.2) is 22.8 Å². The minimum absolute atomic E-state index is 0.0787. The van der Waals surface area contributed by atoms with Crippen molar-refractivity contribution in [2.24, 2.45) is 16.9 Å². The molecule has 1 aromatic carbocycles. The van der Waals surface area contributed by atoms with Crippen LogP contribution in [0.1, 0.15) is 44.1 Å². The number of hydrogen-bond donors (Lipinski definition) is 0. The monoisotopic (exact) mass is 338 g/mol. The minimum atomic E-state index is -4.53. The fourth-order valence-corrected chi connectivity index (χ4v) is 3.53. The lowest BCUT2D eigenvalue weighted by Crippen LogP contribution is -2.46. The molecule has 1 aromatic rings. The number of halogens is 3. The van der Waals surface area contributed by atoms with Crippen LogP contribution in [0.2, 0.25) is 0 Å². The Bertz CT molecular complexity index is 606. The van der Waals surface area contributed by atoms with Crippen molar-refractivity contribution in [1.82, 2.24) is 5.01 Å². The molecule has 1 amide bonds. The maximum atomic E-state index is 13.3. The molecule has 0 aromatic heterocycles. The minimum Gasteiger partial charge on any atom is -0.272 e. The highest BCUT2D eigenvalue weighted by molar-refractivity contribution is 5.95. The lowest BCUT2D eigenvalue weighted by Gasteiger charge is -2.34. The number of hydrazone groups is 1. The van der Waals surface area contributed by atoms with Crippen molar-refractivity contribution in [1.29, 1.82) is 0 Å². The van der Waals surface area contributed by atoms with Crippen molar-refractivity contribution < 1.29 is 18.0 Å². The van der Waals surface area contributed by atoms with E-state index < -0.39 is 18.0 Å². The largest absolute Gasteiger partial charge is 0.400 e. The van der Waals surface area contributed by atoms with Crippen LogP contribution in [0.15, 0.2) is 35.4 Å². The number of alkyl halides is 3. The summed E-state index contributed by atoms with van der Waals surface area (Å²) in [6.45, 7) is 0.0858. The predicted molar refractivity (Wildman–Crippen MR) is 85.2 cm³/mol. The maximum Gasteiger partial charge on any atom is 0.400 e. The molecule has 1 saturated carbocycles. The first kappa shape index (κ1) is 17.0. The summed E-state index contributed by atoms with van der Waals surface area (Å²) < 4.78 is 40.0. The Balaban J connectivity index is 1.86. The predicted octanol–water partition coefficient (Wildman–Crippen LogP) is 4.53. The molecule has 3 rings (SSSR count). The van der Waals surface area contributed by atoms with E-state index in [0.29, 0.717) is 5.71 Å². The summed E-state index contributed by atoms with van der Waals surface area (Å²) in [6.07, 6.45) is 0.104. The molecule has 1 aliphatic carbocycles. The van der Waals surface area contributed by atoms with Crippen molar-refractivity contribution in [3.05, 3.63) is 35.9 Å². The first-order valence-electron chi connectivity index (χ1n) is 8.44. The maximum absolute atomic E-state index is 13.3. The average Bonchev–Trinajstić information content (AvgIpc) is 2.57. The fraction of sp³-hybridized carbons (Fsp3) is 0.556. The number of amides is 1. The summed E-state index contributed by atoms with van der Waals surface area (Å²) in [7, 11) is 0. The molecular weight excluding hydrogens is 317 g/mol. The highest BCUT2D eigenvalue weighted by Gasteiger charge is 2.49. The van der Waals surface area contributed by atoms with Gasteiger partial charge in [0.25, 0.3) is 5.91 Å². The highest BCUT2D eigenvalue weighted by Crippen LogP contribution is 2.37. The lowest BCUT2D eigenvalue weighted by atomic mass is 9.81. The lowest BCUT2D eigenvalue weighted by molar-refractivity contribution is -0.190. The van der Waals surface area contributed by atoms with Crippen LogP contribution in [0.4, 0.5) is 13.2 Å². The smallest absolute Gasteiger partial charge is 0.272 e. The van der Waals surface area contributed by atoms with Crippen LogP contribution in [-0.2, 0) is 11.3 Å². The summed E-state index contributed by atoms with van der Waals surface area (Å²) in [5.74, 6) is -2.82. The molecule has 3 nitrogen and oxygen atoms in total. The Kier molecular flexibility index (Phi) is 4.92. The first-order chi connectivity index (χ1) is 11.4. The molecule has 24 heavy (non-hydrogen) atoms. The van der Waals surface area contributed by atoms with E-state index in [9.17, 15) is 18.0 Å². The Morgan fingerprint density at radius 3 is 2.38 bits per heavy atom. The van der Waals surface area contributed by atoms with Gasteiger partial charge in [-0.1, -0.05) is 49.6 Å². The van der Waals surface area contributed by atoms with Crippen LogP contribution < -0.4 is 0 Å². The van der Waals surface area contributed by atoms with E-state index in [0.717, 1.165) is 42.7 Å². The molecule has 0 N–H and O–H groups in total. The normalized spacial score (nSPS) is 23.3. The average molecular weight is 338 g/mol. The molecule has 6 heteroatoms. The second kappa shape index (κ2) is 6.95. The number of carbonyl (C=O) groups is 1. The van der Waals surface area contributed by atoms with Crippen molar-refractivity contribution in [3.63, 3.8) is 0 Å². The Morgan fingerprint density at radius 2 is 1.75 bits per heavy atom. The molecular formula is C18H21F3N2O. The molecule has 1 aliphatic heterocycles. The molecule has 0 spiro atoms. The van der Waals surface area contributed by atoms with Gasteiger partial charge in [-0.2, -0.15) is 18.3 Å². The van der Waals surface area contributed by atoms with Gasteiger partial charge in [-0.05, 0) is 24.3 Å². The molecule has 2 aliphatic rings. The van der Waals surface area contributed by atoms with Gasteiger partial charge in [0.05, 0.1) is 6.54 Å². The number of rotatable bonds is 3. The topological polar surface area (TPSA) is 32.7 Å². The van der Waals surface area contributed by atoms with E-state index >= 15 is 0 Å². The van der Waals surface area contributed by atoms with E-state index in [2.05, 4.69) is 5.10 Å². The molecule has 0 bridgehead atoms. The number of carbonyl (C=O) groups excluding carboxylic acids is 1. The molecule has 1 fully saturated rings. The molecule has 0 radical (unpaired) electrons. The van der Waals surface area contributed by atoms with Crippen molar-refractivity contribution in [3.8, 4) is 0 Å². The van der Waals surface area contributed by atoms with Gasteiger partial charge in [0.15, 0.2) is 0 Å². The van der Waals surface area contributed by atoms with Crippen LogP contribution in [0.3, 0.4) is 0 Å². The Hall–Kier alpha value is -1.85. The summed E-state index contributed by atoms with van der Waals surface area (Å²) >= 11 is 0. The van der Waals surface area contributed by atoms with Crippen molar-refractivity contribution in [2.45, 2.75) is 51.2 Å². The third-order valence-corrected chi connectivity index (χ3v) is 4.86.